The average Bonchev–Trinajstić information content (AvgIpc) is 2.16. The summed E-state index contributed by atoms with van der Waals surface area (Å²) in [5.74, 6) is 0. The predicted octanol–water partition coefficient (Wildman–Crippen LogP) is 1.25. The van der Waals surface area contributed by atoms with Crippen molar-refractivity contribution >= 4 is 11.0 Å². The van der Waals surface area contributed by atoms with E-state index in [9.17, 15) is 4.79 Å². The van der Waals surface area contributed by atoms with E-state index in [-0.39, 0.29) is 5.63 Å². The normalized spacial score (nSPS) is 10.5. The van der Waals surface area contributed by atoms with Gasteiger partial charge in [-0.25, -0.2) is 4.79 Å². The van der Waals surface area contributed by atoms with Crippen LogP contribution in [0.1, 0.15) is 5.56 Å². The monoisotopic (exact) mass is 175 g/mol. The first-order valence-electron chi connectivity index (χ1n) is 4.02. The van der Waals surface area contributed by atoms with Gasteiger partial charge in [-0.15, -0.1) is 0 Å². The van der Waals surface area contributed by atoms with Gasteiger partial charge < -0.3 is 10.2 Å². The van der Waals surface area contributed by atoms with Crippen molar-refractivity contribution in [1.82, 2.24) is 0 Å². The molecule has 0 aliphatic heterocycles. The van der Waals surface area contributed by atoms with Gasteiger partial charge >= 0.3 is 5.63 Å². The van der Waals surface area contributed by atoms with Crippen LogP contribution in [0.2, 0.25) is 0 Å². The van der Waals surface area contributed by atoms with Gasteiger partial charge in [-0.1, -0.05) is 12.1 Å². The van der Waals surface area contributed by atoms with Gasteiger partial charge in [0.25, 0.3) is 0 Å². The topological polar surface area (TPSA) is 56.2 Å². The van der Waals surface area contributed by atoms with Crippen LogP contribution in [0, 0.1) is 0 Å². The number of rotatable bonds is 1. The minimum Gasteiger partial charge on any atom is -0.423 e. The number of benzene rings is 1. The third-order valence-electron chi connectivity index (χ3n) is 1.92. The molecule has 2 aromatic rings. The molecular weight excluding hydrogens is 166 g/mol. The van der Waals surface area contributed by atoms with Crippen molar-refractivity contribution in [3.8, 4) is 0 Å². The smallest absolute Gasteiger partial charge is 0.336 e. The van der Waals surface area contributed by atoms with Crippen LogP contribution in [0.4, 0.5) is 0 Å². The molecule has 1 aromatic heterocycles. The van der Waals surface area contributed by atoms with Crippen LogP contribution in [-0.2, 0) is 6.54 Å². The zero-order chi connectivity index (χ0) is 9.26. The average molecular weight is 175 g/mol. The third-order valence-corrected chi connectivity index (χ3v) is 1.92. The molecule has 0 aliphatic carbocycles. The molecule has 0 bridgehead atoms. The molecule has 3 heteroatoms. The highest BCUT2D eigenvalue weighted by Gasteiger charge is 1.97. The fourth-order valence-electron chi connectivity index (χ4n) is 1.23. The summed E-state index contributed by atoms with van der Waals surface area (Å²) >= 11 is 0. The second-order valence-electron chi connectivity index (χ2n) is 2.83. The number of nitrogens with two attached hydrogens (primary N) is 1. The molecule has 0 spiro atoms. The van der Waals surface area contributed by atoms with Crippen LogP contribution in [0.3, 0.4) is 0 Å². The Kier molecular flexibility index (Phi) is 1.87. The SMILES string of the molecule is NCc1ccc2ccc(=O)oc2c1. The molecule has 0 amide bonds. The Morgan fingerprint density at radius 2 is 2.00 bits per heavy atom. The Labute approximate surface area is 74.8 Å². The zero-order valence-electron chi connectivity index (χ0n) is 6.99. The highest BCUT2D eigenvalue weighted by molar-refractivity contribution is 5.76. The molecular formula is C10H9NO2. The van der Waals surface area contributed by atoms with Crippen molar-refractivity contribution in [2.45, 2.75) is 6.54 Å². The molecule has 0 unspecified atom stereocenters. The lowest BCUT2D eigenvalue weighted by atomic mass is 10.1. The van der Waals surface area contributed by atoms with Crippen LogP contribution in [0.15, 0.2) is 39.5 Å². The molecule has 0 saturated carbocycles. The van der Waals surface area contributed by atoms with E-state index >= 15 is 0 Å². The first-order valence-corrected chi connectivity index (χ1v) is 4.02. The second kappa shape index (κ2) is 3.03. The van der Waals surface area contributed by atoms with Gasteiger partial charge in [0.05, 0.1) is 0 Å². The van der Waals surface area contributed by atoms with Gasteiger partial charge in [-0.05, 0) is 17.7 Å². The lowest BCUT2D eigenvalue weighted by Gasteiger charge is -1.98. The van der Waals surface area contributed by atoms with Crippen LogP contribution in [0.5, 0.6) is 0 Å². The van der Waals surface area contributed by atoms with Crippen LogP contribution in [-0.4, -0.2) is 0 Å². The molecule has 0 atom stereocenters. The summed E-state index contributed by atoms with van der Waals surface area (Å²) in [6.07, 6.45) is 0. The highest BCUT2D eigenvalue weighted by atomic mass is 16.4. The Bertz CT molecular complexity index is 487. The Morgan fingerprint density at radius 3 is 2.77 bits per heavy atom. The molecule has 13 heavy (non-hydrogen) atoms. The fourth-order valence-corrected chi connectivity index (χ4v) is 1.23. The lowest BCUT2D eigenvalue weighted by molar-refractivity contribution is 0.560. The van der Waals surface area contributed by atoms with Gasteiger partial charge in [0, 0.05) is 18.0 Å². The molecule has 2 N–H and O–H groups in total. The van der Waals surface area contributed by atoms with Crippen molar-refractivity contribution in [3.63, 3.8) is 0 Å². The van der Waals surface area contributed by atoms with Crippen molar-refractivity contribution in [2.24, 2.45) is 5.73 Å². The van der Waals surface area contributed by atoms with E-state index in [0.717, 1.165) is 10.9 Å². The number of fused-ring (bicyclic) bond motifs is 1. The van der Waals surface area contributed by atoms with Crippen LogP contribution in [0.25, 0.3) is 11.0 Å². The van der Waals surface area contributed by atoms with E-state index in [4.69, 9.17) is 10.2 Å². The molecule has 3 nitrogen and oxygen atoms in total. The van der Waals surface area contributed by atoms with Crippen molar-refractivity contribution in [3.05, 3.63) is 46.3 Å². The van der Waals surface area contributed by atoms with E-state index in [2.05, 4.69) is 0 Å². The third kappa shape index (κ3) is 1.46. The Hall–Kier alpha value is -1.61. The number of hydrogen-bond donors (Lipinski definition) is 1. The number of hydrogen-bond acceptors (Lipinski definition) is 3. The van der Waals surface area contributed by atoms with Gasteiger partial charge in [0.1, 0.15) is 5.58 Å². The first-order chi connectivity index (χ1) is 6.29. The quantitative estimate of drug-likeness (QED) is 0.663. The molecule has 0 saturated heterocycles. The van der Waals surface area contributed by atoms with Gasteiger partial charge in [-0.2, -0.15) is 0 Å². The van der Waals surface area contributed by atoms with Gasteiger partial charge in [0.2, 0.25) is 0 Å². The summed E-state index contributed by atoms with van der Waals surface area (Å²) < 4.78 is 4.99. The molecule has 66 valence electrons. The standard InChI is InChI=1S/C10H9NO2/c11-6-7-1-2-8-3-4-10(12)13-9(8)5-7/h1-5H,6,11H2. The van der Waals surface area contributed by atoms with E-state index in [0.29, 0.717) is 12.1 Å². The summed E-state index contributed by atoms with van der Waals surface area (Å²) in [5, 5.41) is 0.914. The summed E-state index contributed by atoms with van der Waals surface area (Å²) in [5.41, 5.74) is 6.68. The zero-order valence-corrected chi connectivity index (χ0v) is 6.99. The van der Waals surface area contributed by atoms with Crippen molar-refractivity contribution in [2.75, 3.05) is 0 Å². The van der Waals surface area contributed by atoms with Crippen LogP contribution >= 0.6 is 0 Å². The summed E-state index contributed by atoms with van der Waals surface area (Å²) in [7, 11) is 0. The molecule has 0 radical (unpaired) electrons. The summed E-state index contributed by atoms with van der Waals surface area (Å²) in [6, 6.07) is 8.74. The molecule has 1 heterocycles. The van der Waals surface area contributed by atoms with Crippen molar-refractivity contribution in [1.29, 1.82) is 0 Å². The molecule has 1 aromatic carbocycles. The minimum absolute atomic E-state index is 0.332. The Balaban J connectivity index is 2.75. The van der Waals surface area contributed by atoms with Gasteiger partial charge in [-0.3, -0.25) is 0 Å². The Morgan fingerprint density at radius 1 is 1.23 bits per heavy atom. The maximum Gasteiger partial charge on any atom is 0.336 e. The molecule has 2 rings (SSSR count). The van der Waals surface area contributed by atoms with Crippen molar-refractivity contribution < 1.29 is 4.42 Å². The van der Waals surface area contributed by atoms with E-state index in [1.807, 2.05) is 12.1 Å². The fraction of sp³-hybridized carbons (Fsp3) is 0.100. The van der Waals surface area contributed by atoms with E-state index in [1.54, 1.807) is 12.1 Å². The van der Waals surface area contributed by atoms with E-state index < -0.39 is 0 Å². The summed E-state index contributed by atoms with van der Waals surface area (Å²) in [6.45, 7) is 0.453. The lowest BCUT2D eigenvalue weighted by Crippen LogP contribution is -1.98. The van der Waals surface area contributed by atoms with Crippen LogP contribution < -0.4 is 11.4 Å². The summed E-state index contributed by atoms with van der Waals surface area (Å²) in [4.78, 5) is 10.9. The predicted molar refractivity (Wildman–Crippen MR) is 50.4 cm³/mol. The largest absolute Gasteiger partial charge is 0.423 e. The maximum absolute atomic E-state index is 10.9. The first kappa shape index (κ1) is 8.01. The molecule has 0 aliphatic rings. The molecule has 0 fully saturated rings. The minimum atomic E-state index is -0.332. The van der Waals surface area contributed by atoms with E-state index in [1.165, 1.54) is 6.07 Å². The maximum atomic E-state index is 10.9. The van der Waals surface area contributed by atoms with Gasteiger partial charge in [0.15, 0.2) is 0 Å². The highest BCUT2D eigenvalue weighted by Crippen LogP contribution is 2.13. The second-order valence-corrected chi connectivity index (χ2v) is 2.83.